The molecule has 0 spiro atoms. The predicted octanol–water partition coefficient (Wildman–Crippen LogP) is 2.93. The van der Waals surface area contributed by atoms with Gasteiger partial charge in [0.25, 0.3) is 0 Å². The molecule has 2 rings (SSSR count). The van der Waals surface area contributed by atoms with Crippen LogP contribution in [0.3, 0.4) is 0 Å². The standard InChI is InChI=1S/C13H20N2/c1-14-12-8-6-11(7-9-12)13-5-3-2-4-10-15-13/h6-9,13-15H,2-5,10H2,1H3. The van der Waals surface area contributed by atoms with Crippen LogP contribution < -0.4 is 10.6 Å². The van der Waals surface area contributed by atoms with Gasteiger partial charge in [-0.3, -0.25) is 0 Å². The molecule has 0 radical (unpaired) electrons. The molecule has 2 heteroatoms. The van der Waals surface area contributed by atoms with Gasteiger partial charge in [0.15, 0.2) is 0 Å². The smallest absolute Gasteiger partial charge is 0.0337 e. The summed E-state index contributed by atoms with van der Waals surface area (Å²) in [5.74, 6) is 0. The molecule has 1 saturated heterocycles. The molecule has 1 atom stereocenters. The zero-order valence-electron chi connectivity index (χ0n) is 9.42. The minimum atomic E-state index is 0.568. The average molecular weight is 204 g/mol. The molecule has 0 amide bonds. The van der Waals surface area contributed by atoms with Gasteiger partial charge in [0, 0.05) is 18.8 Å². The van der Waals surface area contributed by atoms with Crippen molar-refractivity contribution in [2.45, 2.75) is 31.7 Å². The summed E-state index contributed by atoms with van der Waals surface area (Å²) in [6.45, 7) is 1.17. The molecule has 1 aliphatic heterocycles. The van der Waals surface area contributed by atoms with E-state index in [0.717, 1.165) is 0 Å². The quantitative estimate of drug-likeness (QED) is 0.774. The van der Waals surface area contributed by atoms with E-state index in [1.807, 2.05) is 7.05 Å². The van der Waals surface area contributed by atoms with E-state index in [0.29, 0.717) is 6.04 Å². The summed E-state index contributed by atoms with van der Waals surface area (Å²) in [6.07, 6.45) is 5.33. The Morgan fingerprint density at radius 2 is 1.93 bits per heavy atom. The summed E-state index contributed by atoms with van der Waals surface area (Å²) < 4.78 is 0. The molecule has 0 aliphatic carbocycles. The Bertz CT molecular complexity index is 284. The SMILES string of the molecule is CNc1ccc(C2CCCCCN2)cc1. The van der Waals surface area contributed by atoms with E-state index in [9.17, 15) is 0 Å². The highest BCUT2D eigenvalue weighted by molar-refractivity contribution is 5.44. The molecule has 1 aromatic carbocycles. The molecular formula is C13H20N2. The first-order chi connectivity index (χ1) is 7.40. The molecule has 0 bridgehead atoms. The fourth-order valence-corrected chi connectivity index (χ4v) is 2.20. The van der Waals surface area contributed by atoms with Crippen molar-refractivity contribution < 1.29 is 0 Å². The van der Waals surface area contributed by atoms with E-state index in [-0.39, 0.29) is 0 Å². The van der Waals surface area contributed by atoms with Crippen molar-refractivity contribution in [1.29, 1.82) is 0 Å². The first kappa shape index (κ1) is 10.5. The Morgan fingerprint density at radius 3 is 2.67 bits per heavy atom. The van der Waals surface area contributed by atoms with Crippen molar-refractivity contribution in [3.05, 3.63) is 29.8 Å². The highest BCUT2D eigenvalue weighted by atomic mass is 14.9. The van der Waals surface area contributed by atoms with Crippen LogP contribution in [0, 0.1) is 0 Å². The second kappa shape index (κ2) is 5.17. The lowest BCUT2D eigenvalue weighted by Crippen LogP contribution is -2.20. The van der Waals surface area contributed by atoms with Crippen LogP contribution in [-0.2, 0) is 0 Å². The summed E-state index contributed by atoms with van der Waals surface area (Å²) >= 11 is 0. The minimum Gasteiger partial charge on any atom is -0.388 e. The van der Waals surface area contributed by atoms with E-state index in [4.69, 9.17) is 0 Å². The Labute approximate surface area is 92.1 Å². The van der Waals surface area contributed by atoms with Crippen LogP contribution >= 0.6 is 0 Å². The van der Waals surface area contributed by atoms with Gasteiger partial charge in [0.1, 0.15) is 0 Å². The first-order valence-corrected chi connectivity index (χ1v) is 5.91. The monoisotopic (exact) mass is 204 g/mol. The first-order valence-electron chi connectivity index (χ1n) is 5.91. The molecule has 1 heterocycles. The Balaban J connectivity index is 2.06. The van der Waals surface area contributed by atoms with Crippen LogP contribution in [0.2, 0.25) is 0 Å². The van der Waals surface area contributed by atoms with Gasteiger partial charge in [-0.05, 0) is 37.1 Å². The summed E-state index contributed by atoms with van der Waals surface area (Å²) in [5, 5.41) is 6.76. The van der Waals surface area contributed by atoms with Crippen LogP contribution in [0.5, 0.6) is 0 Å². The molecule has 1 unspecified atom stereocenters. The lowest BCUT2D eigenvalue weighted by atomic mass is 10.0. The zero-order valence-corrected chi connectivity index (χ0v) is 9.42. The van der Waals surface area contributed by atoms with Gasteiger partial charge >= 0.3 is 0 Å². The van der Waals surface area contributed by atoms with Crippen molar-refractivity contribution >= 4 is 5.69 Å². The molecular weight excluding hydrogens is 184 g/mol. The average Bonchev–Trinajstić information content (AvgIpc) is 2.58. The third kappa shape index (κ3) is 2.72. The second-order valence-corrected chi connectivity index (χ2v) is 4.23. The van der Waals surface area contributed by atoms with Crippen molar-refractivity contribution in [3.8, 4) is 0 Å². The molecule has 15 heavy (non-hydrogen) atoms. The van der Waals surface area contributed by atoms with Gasteiger partial charge in [-0.2, -0.15) is 0 Å². The van der Waals surface area contributed by atoms with Crippen LogP contribution in [0.25, 0.3) is 0 Å². The Morgan fingerprint density at radius 1 is 1.13 bits per heavy atom. The summed E-state index contributed by atoms with van der Waals surface area (Å²) in [6, 6.07) is 9.34. The Hall–Kier alpha value is -1.02. The fourth-order valence-electron chi connectivity index (χ4n) is 2.20. The van der Waals surface area contributed by atoms with E-state index in [1.165, 1.54) is 43.5 Å². The van der Waals surface area contributed by atoms with E-state index >= 15 is 0 Å². The normalized spacial score (nSPS) is 22.1. The number of benzene rings is 1. The third-order valence-corrected chi connectivity index (χ3v) is 3.16. The number of rotatable bonds is 2. The number of anilines is 1. The van der Waals surface area contributed by atoms with Gasteiger partial charge in [-0.25, -0.2) is 0 Å². The molecule has 0 saturated carbocycles. The number of hydrogen-bond donors (Lipinski definition) is 2. The van der Waals surface area contributed by atoms with Crippen molar-refractivity contribution in [1.82, 2.24) is 5.32 Å². The molecule has 1 aromatic rings. The Kier molecular flexibility index (Phi) is 3.62. The van der Waals surface area contributed by atoms with Crippen molar-refractivity contribution in [2.75, 3.05) is 18.9 Å². The molecule has 0 aromatic heterocycles. The molecule has 2 nitrogen and oxygen atoms in total. The van der Waals surface area contributed by atoms with Gasteiger partial charge in [0.05, 0.1) is 0 Å². The van der Waals surface area contributed by atoms with Crippen molar-refractivity contribution in [3.63, 3.8) is 0 Å². The lowest BCUT2D eigenvalue weighted by Gasteiger charge is -2.16. The highest BCUT2D eigenvalue weighted by Crippen LogP contribution is 2.23. The van der Waals surface area contributed by atoms with Gasteiger partial charge in [-0.1, -0.05) is 25.0 Å². The summed E-state index contributed by atoms with van der Waals surface area (Å²) in [4.78, 5) is 0. The van der Waals surface area contributed by atoms with Gasteiger partial charge < -0.3 is 10.6 Å². The van der Waals surface area contributed by atoms with E-state index in [1.54, 1.807) is 0 Å². The zero-order chi connectivity index (χ0) is 10.5. The minimum absolute atomic E-state index is 0.568. The topological polar surface area (TPSA) is 24.1 Å². The predicted molar refractivity (Wildman–Crippen MR) is 65.2 cm³/mol. The summed E-state index contributed by atoms with van der Waals surface area (Å²) in [7, 11) is 1.96. The van der Waals surface area contributed by atoms with Crippen LogP contribution in [0.4, 0.5) is 5.69 Å². The third-order valence-electron chi connectivity index (χ3n) is 3.16. The maximum atomic E-state index is 3.61. The van der Waals surface area contributed by atoms with E-state index < -0.39 is 0 Å². The molecule has 1 aliphatic rings. The maximum Gasteiger partial charge on any atom is 0.0337 e. The highest BCUT2D eigenvalue weighted by Gasteiger charge is 2.12. The number of hydrogen-bond acceptors (Lipinski definition) is 2. The fraction of sp³-hybridized carbons (Fsp3) is 0.538. The van der Waals surface area contributed by atoms with Gasteiger partial charge in [-0.15, -0.1) is 0 Å². The van der Waals surface area contributed by atoms with Crippen LogP contribution in [0.1, 0.15) is 37.3 Å². The van der Waals surface area contributed by atoms with Crippen LogP contribution in [0.15, 0.2) is 24.3 Å². The van der Waals surface area contributed by atoms with Crippen molar-refractivity contribution in [2.24, 2.45) is 0 Å². The summed E-state index contributed by atoms with van der Waals surface area (Å²) in [5.41, 5.74) is 2.61. The maximum absolute atomic E-state index is 3.61. The molecule has 82 valence electrons. The molecule has 2 N–H and O–H groups in total. The molecule has 1 fully saturated rings. The van der Waals surface area contributed by atoms with E-state index in [2.05, 4.69) is 34.9 Å². The largest absolute Gasteiger partial charge is 0.388 e. The van der Waals surface area contributed by atoms with Crippen LogP contribution in [-0.4, -0.2) is 13.6 Å². The lowest BCUT2D eigenvalue weighted by molar-refractivity contribution is 0.535. The van der Waals surface area contributed by atoms with Gasteiger partial charge in [0.2, 0.25) is 0 Å². The second-order valence-electron chi connectivity index (χ2n) is 4.23. The number of nitrogens with one attached hydrogen (secondary N) is 2.